The van der Waals surface area contributed by atoms with E-state index in [4.69, 9.17) is 5.73 Å². The lowest BCUT2D eigenvalue weighted by Crippen LogP contribution is -2.20. The Morgan fingerprint density at radius 2 is 2.00 bits per heavy atom. The van der Waals surface area contributed by atoms with Crippen molar-refractivity contribution in [2.24, 2.45) is 11.7 Å². The van der Waals surface area contributed by atoms with Gasteiger partial charge in [0.25, 0.3) is 0 Å². The molecule has 1 atom stereocenters. The molecule has 0 bridgehead atoms. The highest BCUT2D eigenvalue weighted by atomic mass is 19.1. The Labute approximate surface area is 43.7 Å². The molecular formula is C5H12FN. The van der Waals surface area contributed by atoms with Gasteiger partial charge in [-0.25, -0.2) is 4.39 Å². The number of halogens is 1. The van der Waals surface area contributed by atoms with Gasteiger partial charge in [0.15, 0.2) is 0 Å². The molecule has 7 heavy (non-hydrogen) atoms. The zero-order valence-electron chi connectivity index (χ0n) is 4.82. The van der Waals surface area contributed by atoms with Crippen LogP contribution in [-0.2, 0) is 0 Å². The molecule has 0 aromatic heterocycles. The molecule has 0 fully saturated rings. The summed E-state index contributed by atoms with van der Waals surface area (Å²) in [5.41, 5.74) is 5.00. The average Bonchev–Trinajstić information content (AvgIpc) is 1.65. The van der Waals surface area contributed by atoms with Gasteiger partial charge in [-0.3, -0.25) is 0 Å². The Hall–Kier alpha value is -0.110. The SMILES string of the molecule is CC(C)[C@H](F)CN. The monoisotopic (exact) mass is 105 g/mol. The predicted molar refractivity (Wildman–Crippen MR) is 28.8 cm³/mol. The maximum absolute atomic E-state index is 12.1. The van der Waals surface area contributed by atoms with Gasteiger partial charge in [-0.1, -0.05) is 13.8 Å². The maximum Gasteiger partial charge on any atom is 0.115 e. The third-order valence-electron chi connectivity index (χ3n) is 0.949. The Morgan fingerprint density at radius 1 is 1.57 bits per heavy atom. The van der Waals surface area contributed by atoms with Crippen LogP contribution in [0.2, 0.25) is 0 Å². The Morgan fingerprint density at radius 3 is 2.00 bits per heavy atom. The second-order valence-electron chi connectivity index (χ2n) is 2.00. The van der Waals surface area contributed by atoms with Crippen molar-refractivity contribution in [2.45, 2.75) is 20.0 Å². The number of alkyl halides is 1. The van der Waals surface area contributed by atoms with Gasteiger partial charge in [-0.2, -0.15) is 0 Å². The summed E-state index contributed by atoms with van der Waals surface area (Å²) >= 11 is 0. The van der Waals surface area contributed by atoms with Crippen LogP contribution in [-0.4, -0.2) is 12.7 Å². The van der Waals surface area contributed by atoms with Crippen LogP contribution in [0, 0.1) is 5.92 Å². The molecule has 0 heterocycles. The van der Waals surface area contributed by atoms with Crippen LogP contribution in [0.1, 0.15) is 13.8 Å². The van der Waals surface area contributed by atoms with Crippen LogP contribution < -0.4 is 5.73 Å². The van der Waals surface area contributed by atoms with E-state index >= 15 is 0 Å². The van der Waals surface area contributed by atoms with Crippen LogP contribution in [0.15, 0.2) is 0 Å². The van der Waals surface area contributed by atoms with Crippen molar-refractivity contribution in [3.05, 3.63) is 0 Å². The fourth-order valence-corrected chi connectivity index (χ4v) is 0.272. The minimum absolute atomic E-state index is 0.0741. The minimum atomic E-state index is -0.819. The maximum atomic E-state index is 12.1. The van der Waals surface area contributed by atoms with Gasteiger partial charge in [0.1, 0.15) is 6.17 Å². The van der Waals surface area contributed by atoms with E-state index in [9.17, 15) is 4.39 Å². The highest BCUT2D eigenvalue weighted by Gasteiger charge is 2.06. The van der Waals surface area contributed by atoms with Gasteiger partial charge in [-0.05, 0) is 5.92 Å². The quantitative estimate of drug-likeness (QED) is 0.555. The number of hydrogen-bond donors (Lipinski definition) is 1. The van der Waals surface area contributed by atoms with Crippen molar-refractivity contribution in [1.82, 2.24) is 0 Å². The second kappa shape index (κ2) is 2.97. The van der Waals surface area contributed by atoms with Gasteiger partial charge in [0, 0.05) is 6.54 Å². The molecule has 0 aromatic rings. The zero-order valence-corrected chi connectivity index (χ0v) is 4.82. The lowest BCUT2D eigenvalue weighted by atomic mass is 10.1. The zero-order chi connectivity index (χ0) is 5.86. The molecule has 0 spiro atoms. The molecule has 1 nitrogen and oxygen atoms in total. The summed E-state index contributed by atoms with van der Waals surface area (Å²) in [6.45, 7) is 3.78. The smallest absolute Gasteiger partial charge is 0.115 e. The summed E-state index contributed by atoms with van der Waals surface area (Å²) in [5, 5.41) is 0. The fraction of sp³-hybridized carbons (Fsp3) is 1.00. The van der Waals surface area contributed by atoms with Gasteiger partial charge in [0.05, 0.1) is 0 Å². The normalized spacial score (nSPS) is 15.0. The first-order valence-electron chi connectivity index (χ1n) is 2.52. The van der Waals surface area contributed by atoms with Crippen LogP contribution in [0.3, 0.4) is 0 Å². The predicted octanol–water partition coefficient (Wildman–Crippen LogP) is 0.939. The molecule has 0 unspecified atom stereocenters. The number of rotatable bonds is 2. The molecule has 2 heteroatoms. The van der Waals surface area contributed by atoms with E-state index in [0.717, 1.165) is 0 Å². The lowest BCUT2D eigenvalue weighted by Gasteiger charge is -2.06. The lowest BCUT2D eigenvalue weighted by molar-refractivity contribution is 0.264. The van der Waals surface area contributed by atoms with Crippen molar-refractivity contribution < 1.29 is 4.39 Å². The first-order chi connectivity index (χ1) is 3.18. The molecule has 0 radical (unpaired) electrons. The second-order valence-corrected chi connectivity index (χ2v) is 2.00. The molecule has 0 aliphatic heterocycles. The molecule has 0 amide bonds. The van der Waals surface area contributed by atoms with E-state index in [0.29, 0.717) is 0 Å². The van der Waals surface area contributed by atoms with E-state index in [1.165, 1.54) is 0 Å². The van der Waals surface area contributed by atoms with Crippen LogP contribution in [0.4, 0.5) is 4.39 Å². The first-order valence-corrected chi connectivity index (χ1v) is 2.52. The molecule has 0 saturated carbocycles. The van der Waals surface area contributed by atoms with Crippen LogP contribution in [0.5, 0.6) is 0 Å². The van der Waals surface area contributed by atoms with Crippen molar-refractivity contribution in [2.75, 3.05) is 6.54 Å². The average molecular weight is 105 g/mol. The molecule has 44 valence electrons. The van der Waals surface area contributed by atoms with Crippen molar-refractivity contribution in [3.8, 4) is 0 Å². The molecular weight excluding hydrogens is 93.1 g/mol. The van der Waals surface area contributed by atoms with Crippen molar-refractivity contribution in [1.29, 1.82) is 0 Å². The molecule has 2 N–H and O–H groups in total. The topological polar surface area (TPSA) is 26.0 Å². The third kappa shape index (κ3) is 2.57. The Bertz CT molecular complexity index is 45.3. The van der Waals surface area contributed by atoms with Gasteiger partial charge in [0.2, 0.25) is 0 Å². The van der Waals surface area contributed by atoms with Gasteiger partial charge < -0.3 is 5.73 Å². The largest absolute Gasteiger partial charge is 0.328 e. The molecule has 0 aromatic carbocycles. The van der Waals surface area contributed by atoms with Crippen LogP contribution in [0.25, 0.3) is 0 Å². The summed E-state index contributed by atoms with van der Waals surface area (Å²) in [6.07, 6.45) is -0.819. The Balaban J connectivity index is 3.14. The first kappa shape index (κ1) is 6.89. The summed E-state index contributed by atoms with van der Waals surface area (Å²) < 4.78 is 12.1. The van der Waals surface area contributed by atoms with E-state index < -0.39 is 6.17 Å². The highest BCUT2D eigenvalue weighted by Crippen LogP contribution is 2.02. The van der Waals surface area contributed by atoms with Gasteiger partial charge >= 0.3 is 0 Å². The number of nitrogens with two attached hydrogens (primary N) is 1. The summed E-state index contributed by atoms with van der Waals surface area (Å²) in [4.78, 5) is 0. The van der Waals surface area contributed by atoms with Crippen LogP contribution >= 0.6 is 0 Å². The van der Waals surface area contributed by atoms with E-state index in [2.05, 4.69) is 0 Å². The summed E-state index contributed by atoms with van der Waals surface area (Å²) in [5.74, 6) is 0.0741. The minimum Gasteiger partial charge on any atom is -0.328 e. The van der Waals surface area contributed by atoms with Gasteiger partial charge in [-0.15, -0.1) is 0 Å². The fourth-order valence-electron chi connectivity index (χ4n) is 0.272. The third-order valence-corrected chi connectivity index (χ3v) is 0.949. The molecule has 0 aliphatic carbocycles. The number of hydrogen-bond acceptors (Lipinski definition) is 1. The molecule has 0 rings (SSSR count). The van der Waals surface area contributed by atoms with E-state index in [-0.39, 0.29) is 12.5 Å². The molecule has 0 aliphatic rings. The summed E-state index contributed by atoms with van der Waals surface area (Å²) in [6, 6.07) is 0. The van der Waals surface area contributed by atoms with E-state index in [1.807, 2.05) is 13.8 Å². The Kier molecular flexibility index (Phi) is 2.92. The summed E-state index contributed by atoms with van der Waals surface area (Å²) in [7, 11) is 0. The highest BCUT2D eigenvalue weighted by molar-refractivity contribution is 4.58. The van der Waals surface area contributed by atoms with Crippen molar-refractivity contribution in [3.63, 3.8) is 0 Å². The van der Waals surface area contributed by atoms with E-state index in [1.54, 1.807) is 0 Å². The molecule has 0 saturated heterocycles. The standard InChI is InChI=1S/C5H12FN/c1-4(2)5(6)3-7/h4-5H,3,7H2,1-2H3/t5-/m1/s1. The van der Waals surface area contributed by atoms with Crippen molar-refractivity contribution >= 4 is 0 Å².